The molecule has 0 amide bonds. The van der Waals surface area contributed by atoms with E-state index in [1.165, 1.54) is 0 Å². The molecule has 0 aliphatic carbocycles. The minimum atomic E-state index is -0.205. The largest absolute Gasteiger partial charge is 0.493 e. The average Bonchev–Trinajstić information content (AvgIpc) is 2.29. The van der Waals surface area contributed by atoms with Gasteiger partial charge in [-0.2, -0.15) is 0 Å². The number of para-hydroxylation sites is 1. The van der Waals surface area contributed by atoms with E-state index in [1.54, 1.807) is 0 Å². The normalized spacial score (nSPS) is 11.2. The maximum Gasteiger partial charge on any atom is 0.124 e. The molecule has 0 fully saturated rings. The highest BCUT2D eigenvalue weighted by Crippen LogP contribution is 2.23. The number of benzene rings is 1. The molecule has 0 bridgehead atoms. The lowest BCUT2D eigenvalue weighted by Crippen LogP contribution is -2.31. The number of thiocarbonyl (C=S) groups is 1. The topological polar surface area (TPSA) is 55.5 Å². The minimum absolute atomic E-state index is 0.0190. The predicted octanol–water partition coefficient (Wildman–Crippen LogP) is 2.26. The second kappa shape index (κ2) is 5.98. The summed E-state index contributed by atoms with van der Waals surface area (Å²) in [5.41, 5.74) is 6.23. The molecule has 0 spiro atoms. The fraction of sp³-hybridized carbons (Fsp3) is 0.462. The van der Waals surface area contributed by atoms with Gasteiger partial charge in [0.05, 0.1) is 18.2 Å². The summed E-state index contributed by atoms with van der Waals surface area (Å²) in [7, 11) is 0. The molecule has 1 aromatic carbocycles. The predicted molar refractivity (Wildman–Crippen MR) is 73.0 cm³/mol. The van der Waals surface area contributed by atoms with Crippen LogP contribution in [0.2, 0.25) is 0 Å². The van der Waals surface area contributed by atoms with Gasteiger partial charge < -0.3 is 15.6 Å². The molecular weight excluding hydrogens is 234 g/mol. The Bertz CT molecular complexity index is 391. The van der Waals surface area contributed by atoms with Gasteiger partial charge in [0.25, 0.3) is 0 Å². The quantitative estimate of drug-likeness (QED) is 0.764. The summed E-state index contributed by atoms with van der Waals surface area (Å²) in [4.78, 5) is 0.497. The van der Waals surface area contributed by atoms with Gasteiger partial charge in [0.2, 0.25) is 0 Å². The molecular formula is C13H19NO2S. The van der Waals surface area contributed by atoms with Crippen molar-refractivity contribution in [1.82, 2.24) is 0 Å². The van der Waals surface area contributed by atoms with Crippen molar-refractivity contribution in [2.24, 2.45) is 11.1 Å². The number of rotatable bonds is 6. The first-order valence-corrected chi connectivity index (χ1v) is 5.99. The van der Waals surface area contributed by atoms with E-state index in [2.05, 4.69) is 0 Å². The van der Waals surface area contributed by atoms with Gasteiger partial charge in [-0.1, -0.05) is 44.3 Å². The number of hydrogen-bond donors (Lipinski definition) is 2. The third kappa shape index (κ3) is 3.98. The summed E-state index contributed by atoms with van der Waals surface area (Å²) in [5.74, 6) is 0.716. The van der Waals surface area contributed by atoms with Crippen LogP contribution in [0.1, 0.15) is 25.8 Å². The van der Waals surface area contributed by atoms with Gasteiger partial charge in [-0.15, -0.1) is 0 Å². The molecule has 0 saturated carbocycles. The second-order valence-electron chi connectivity index (χ2n) is 4.61. The minimum Gasteiger partial charge on any atom is -0.493 e. The zero-order chi connectivity index (χ0) is 12.9. The third-order valence-electron chi connectivity index (χ3n) is 2.79. The lowest BCUT2D eigenvalue weighted by molar-refractivity contribution is 0.247. The van der Waals surface area contributed by atoms with Crippen LogP contribution >= 0.6 is 12.2 Å². The zero-order valence-electron chi connectivity index (χ0n) is 10.3. The van der Waals surface area contributed by atoms with Crippen molar-refractivity contribution in [2.45, 2.75) is 26.9 Å². The molecule has 0 aromatic heterocycles. The molecule has 17 heavy (non-hydrogen) atoms. The summed E-state index contributed by atoms with van der Waals surface area (Å²) in [5, 5.41) is 9.15. The second-order valence-corrected chi connectivity index (χ2v) is 5.05. The van der Waals surface area contributed by atoms with E-state index in [-0.39, 0.29) is 12.0 Å². The molecule has 3 N–H and O–H groups in total. The Kier molecular flexibility index (Phi) is 4.90. The summed E-state index contributed by atoms with van der Waals surface area (Å²) in [6.45, 7) is 4.50. The Morgan fingerprint density at radius 3 is 2.65 bits per heavy atom. The SMILES string of the molecule is CC(C)(CCOc1ccccc1CO)C(N)=S. The number of hydrogen-bond acceptors (Lipinski definition) is 3. The van der Waals surface area contributed by atoms with Crippen LogP contribution < -0.4 is 10.5 Å². The lowest BCUT2D eigenvalue weighted by Gasteiger charge is -2.23. The summed E-state index contributed by atoms with van der Waals surface area (Å²) < 4.78 is 5.64. The maximum absolute atomic E-state index is 9.15. The van der Waals surface area contributed by atoms with Gasteiger partial charge >= 0.3 is 0 Å². The van der Waals surface area contributed by atoms with E-state index in [0.717, 1.165) is 12.0 Å². The van der Waals surface area contributed by atoms with E-state index in [4.69, 9.17) is 27.8 Å². The Morgan fingerprint density at radius 2 is 2.06 bits per heavy atom. The van der Waals surface area contributed by atoms with Crippen LogP contribution in [0.5, 0.6) is 5.75 Å². The summed E-state index contributed by atoms with van der Waals surface area (Å²) in [6.07, 6.45) is 0.752. The molecule has 4 heteroatoms. The van der Waals surface area contributed by atoms with Crippen LogP contribution in [0, 0.1) is 5.41 Å². The molecule has 0 heterocycles. The Labute approximate surface area is 108 Å². The van der Waals surface area contributed by atoms with Crippen molar-refractivity contribution < 1.29 is 9.84 Å². The Hall–Kier alpha value is -1.13. The van der Waals surface area contributed by atoms with Crippen molar-refractivity contribution in [1.29, 1.82) is 0 Å². The summed E-state index contributed by atoms with van der Waals surface area (Å²) in [6, 6.07) is 7.44. The van der Waals surface area contributed by atoms with Crippen LogP contribution in [0.25, 0.3) is 0 Å². The highest BCUT2D eigenvalue weighted by atomic mass is 32.1. The number of ether oxygens (including phenoxy) is 1. The van der Waals surface area contributed by atoms with Crippen molar-refractivity contribution in [3.05, 3.63) is 29.8 Å². The molecule has 0 aliphatic heterocycles. The number of aliphatic hydroxyl groups excluding tert-OH is 1. The fourth-order valence-electron chi connectivity index (χ4n) is 1.31. The fourth-order valence-corrected chi connectivity index (χ4v) is 1.42. The van der Waals surface area contributed by atoms with E-state index in [1.807, 2.05) is 38.1 Å². The molecule has 94 valence electrons. The smallest absolute Gasteiger partial charge is 0.124 e. The number of aliphatic hydroxyl groups is 1. The van der Waals surface area contributed by atoms with Crippen molar-refractivity contribution in [3.8, 4) is 5.75 Å². The van der Waals surface area contributed by atoms with Gasteiger partial charge in [0, 0.05) is 11.0 Å². The van der Waals surface area contributed by atoms with Crippen LogP contribution in [-0.4, -0.2) is 16.7 Å². The van der Waals surface area contributed by atoms with E-state index >= 15 is 0 Å². The van der Waals surface area contributed by atoms with E-state index < -0.39 is 0 Å². The Balaban J connectivity index is 2.54. The molecule has 0 unspecified atom stereocenters. The van der Waals surface area contributed by atoms with Gasteiger partial charge in [0.15, 0.2) is 0 Å². The molecule has 3 nitrogen and oxygen atoms in total. The van der Waals surface area contributed by atoms with Crippen LogP contribution in [-0.2, 0) is 6.61 Å². The third-order valence-corrected chi connectivity index (χ3v) is 3.35. The molecule has 0 saturated heterocycles. The van der Waals surface area contributed by atoms with Gasteiger partial charge in [-0.25, -0.2) is 0 Å². The standard InChI is InChI=1S/C13H19NO2S/c1-13(2,12(14)17)7-8-16-11-6-4-3-5-10(11)9-15/h3-6,15H,7-9H2,1-2H3,(H2,14,17). The lowest BCUT2D eigenvalue weighted by atomic mass is 9.90. The average molecular weight is 253 g/mol. The van der Waals surface area contributed by atoms with Crippen LogP contribution in [0.4, 0.5) is 0 Å². The number of nitrogens with two attached hydrogens (primary N) is 1. The molecule has 0 radical (unpaired) electrons. The monoisotopic (exact) mass is 253 g/mol. The van der Waals surface area contributed by atoms with Crippen molar-refractivity contribution >= 4 is 17.2 Å². The van der Waals surface area contributed by atoms with Crippen molar-refractivity contribution in [2.75, 3.05) is 6.61 Å². The molecule has 1 rings (SSSR count). The highest BCUT2D eigenvalue weighted by molar-refractivity contribution is 7.80. The zero-order valence-corrected chi connectivity index (χ0v) is 11.1. The van der Waals surface area contributed by atoms with Gasteiger partial charge in [-0.3, -0.25) is 0 Å². The van der Waals surface area contributed by atoms with Gasteiger partial charge in [-0.05, 0) is 12.5 Å². The van der Waals surface area contributed by atoms with E-state index in [9.17, 15) is 0 Å². The molecule has 0 aliphatic rings. The van der Waals surface area contributed by atoms with Crippen LogP contribution in [0.3, 0.4) is 0 Å². The molecule has 0 atom stereocenters. The van der Waals surface area contributed by atoms with Crippen LogP contribution in [0.15, 0.2) is 24.3 Å². The molecule has 1 aromatic rings. The first kappa shape index (κ1) is 13.9. The van der Waals surface area contributed by atoms with Crippen molar-refractivity contribution in [3.63, 3.8) is 0 Å². The first-order valence-electron chi connectivity index (χ1n) is 5.59. The first-order chi connectivity index (χ1) is 7.97. The Morgan fingerprint density at radius 1 is 1.41 bits per heavy atom. The van der Waals surface area contributed by atoms with E-state index in [0.29, 0.717) is 17.3 Å². The maximum atomic E-state index is 9.15. The summed E-state index contributed by atoms with van der Waals surface area (Å²) >= 11 is 4.99. The van der Waals surface area contributed by atoms with Gasteiger partial charge in [0.1, 0.15) is 5.75 Å². The highest BCUT2D eigenvalue weighted by Gasteiger charge is 2.21.